The molecule has 0 spiro atoms. The standard InChI is InChI=1S/C14H19ClN2O.ClH/c1-10(18)17-13-6-7-16-14(9-13)8-11-2-4-12(15)5-3-11;/h2-5,13-14,16H,6-9H2,1H3,(H,17,18);1H/t13-,14+;/m0./s1. The third kappa shape index (κ3) is 5.39. The van der Waals surface area contributed by atoms with Crippen molar-refractivity contribution in [2.24, 2.45) is 0 Å². The Hall–Kier alpha value is -0.770. The van der Waals surface area contributed by atoms with Crippen LogP contribution in [-0.2, 0) is 11.2 Å². The minimum absolute atomic E-state index is 0. The van der Waals surface area contributed by atoms with Crippen molar-refractivity contribution >= 4 is 29.9 Å². The molecule has 1 aromatic rings. The molecule has 1 saturated heterocycles. The number of hydrogen-bond acceptors (Lipinski definition) is 2. The van der Waals surface area contributed by atoms with Gasteiger partial charge in [0, 0.05) is 24.0 Å². The van der Waals surface area contributed by atoms with Crippen molar-refractivity contribution in [3.63, 3.8) is 0 Å². The Morgan fingerprint density at radius 1 is 1.42 bits per heavy atom. The summed E-state index contributed by atoms with van der Waals surface area (Å²) in [6.07, 6.45) is 2.98. The summed E-state index contributed by atoms with van der Waals surface area (Å²) in [6, 6.07) is 8.70. The first-order valence-corrected chi connectivity index (χ1v) is 6.76. The molecule has 0 saturated carbocycles. The lowest BCUT2D eigenvalue weighted by Gasteiger charge is -2.30. The number of benzene rings is 1. The Morgan fingerprint density at radius 2 is 2.11 bits per heavy atom. The van der Waals surface area contributed by atoms with Gasteiger partial charge < -0.3 is 10.6 Å². The molecule has 106 valence electrons. The SMILES string of the molecule is CC(=O)N[C@H]1CCN[C@H](Cc2ccc(Cl)cc2)C1.Cl. The lowest BCUT2D eigenvalue weighted by atomic mass is 9.94. The van der Waals surface area contributed by atoms with Gasteiger partial charge in [-0.3, -0.25) is 4.79 Å². The summed E-state index contributed by atoms with van der Waals surface area (Å²) >= 11 is 5.87. The van der Waals surface area contributed by atoms with Gasteiger partial charge in [-0.05, 0) is 43.5 Å². The summed E-state index contributed by atoms with van der Waals surface area (Å²) in [5.41, 5.74) is 1.28. The van der Waals surface area contributed by atoms with E-state index in [1.54, 1.807) is 6.92 Å². The van der Waals surface area contributed by atoms with E-state index in [0.29, 0.717) is 12.1 Å². The van der Waals surface area contributed by atoms with Crippen molar-refractivity contribution in [1.29, 1.82) is 0 Å². The number of hydrogen-bond donors (Lipinski definition) is 2. The Kier molecular flexibility index (Phi) is 6.63. The number of rotatable bonds is 3. The number of halogens is 2. The molecule has 0 bridgehead atoms. The lowest BCUT2D eigenvalue weighted by Crippen LogP contribution is -2.48. The number of carbonyl (C=O) groups excluding carboxylic acids is 1. The molecule has 2 atom stereocenters. The van der Waals surface area contributed by atoms with Crippen molar-refractivity contribution in [3.8, 4) is 0 Å². The maximum atomic E-state index is 11.1. The molecule has 2 rings (SSSR count). The highest BCUT2D eigenvalue weighted by molar-refractivity contribution is 6.30. The van der Waals surface area contributed by atoms with Crippen molar-refractivity contribution in [2.75, 3.05) is 6.54 Å². The average Bonchev–Trinajstić information content (AvgIpc) is 2.32. The van der Waals surface area contributed by atoms with Gasteiger partial charge >= 0.3 is 0 Å². The van der Waals surface area contributed by atoms with Crippen LogP contribution in [0.1, 0.15) is 25.3 Å². The van der Waals surface area contributed by atoms with Gasteiger partial charge in [0.15, 0.2) is 0 Å². The van der Waals surface area contributed by atoms with Crippen LogP contribution in [0.4, 0.5) is 0 Å². The van der Waals surface area contributed by atoms with Crippen LogP contribution in [0.2, 0.25) is 5.02 Å². The molecule has 1 heterocycles. The van der Waals surface area contributed by atoms with E-state index in [2.05, 4.69) is 22.8 Å². The molecule has 0 radical (unpaired) electrons. The van der Waals surface area contributed by atoms with E-state index in [-0.39, 0.29) is 18.3 Å². The second-order valence-electron chi connectivity index (χ2n) is 4.90. The second-order valence-corrected chi connectivity index (χ2v) is 5.34. The first-order chi connectivity index (χ1) is 8.63. The molecular weight excluding hydrogens is 283 g/mol. The van der Waals surface area contributed by atoms with Gasteiger partial charge in [0.1, 0.15) is 0 Å². The Morgan fingerprint density at radius 3 is 2.74 bits per heavy atom. The molecule has 1 amide bonds. The van der Waals surface area contributed by atoms with Gasteiger partial charge in [-0.1, -0.05) is 23.7 Å². The molecule has 5 heteroatoms. The molecule has 1 aliphatic heterocycles. The lowest BCUT2D eigenvalue weighted by molar-refractivity contribution is -0.119. The zero-order chi connectivity index (χ0) is 13.0. The highest BCUT2D eigenvalue weighted by atomic mass is 35.5. The van der Waals surface area contributed by atoms with Crippen LogP contribution in [0, 0.1) is 0 Å². The number of nitrogens with one attached hydrogen (secondary N) is 2. The summed E-state index contributed by atoms with van der Waals surface area (Å²) in [5.74, 6) is 0.0622. The van der Waals surface area contributed by atoms with Crippen LogP contribution >= 0.6 is 24.0 Å². The van der Waals surface area contributed by atoms with Crippen molar-refractivity contribution in [3.05, 3.63) is 34.9 Å². The van der Waals surface area contributed by atoms with Gasteiger partial charge in [-0.25, -0.2) is 0 Å². The maximum absolute atomic E-state index is 11.1. The Balaban J connectivity index is 0.00000180. The van der Waals surface area contributed by atoms with E-state index in [0.717, 1.165) is 30.8 Å². The zero-order valence-corrected chi connectivity index (χ0v) is 12.6. The van der Waals surface area contributed by atoms with E-state index in [1.165, 1.54) is 5.56 Å². The van der Waals surface area contributed by atoms with Crippen LogP contribution in [0.15, 0.2) is 24.3 Å². The first kappa shape index (κ1) is 16.3. The highest BCUT2D eigenvalue weighted by Gasteiger charge is 2.21. The van der Waals surface area contributed by atoms with E-state index >= 15 is 0 Å². The Bertz CT molecular complexity index is 408. The van der Waals surface area contributed by atoms with E-state index in [4.69, 9.17) is 11.6 Å². The summed E-state index contributed by atoms with van der Waals surface area (Å²) in [5, 5.41) is 7.28. The van der Waals surface area contributed by atoms with Crippen LogP contribution in [0.5, 0.6) is 0 Å². The van der Waals surface area contributed by atoms with Crippen molar-refractivity contribution in [2.45, 2.75) is 38.3 Å². The minimum atomic E-state index is 0. The van der Waals surface area contributed by atoms with Crippen LogP contribution in [-0.4, -0.2) is 24.5 Å². The van der Waals surface area contributed by atoms with Crippen LogP contribution in [0.25, 0.3) is 0 Å². The number of piperidine rings is 1. The quantitative estimate of drug-likeness (QED) is 0.901. The van der Waals surface area contributed by atoms with Gasteiger partial charge in [0.05, 0.1) is 0 Å². The number of carbonyl (C=O) groups is 1. The summed E-state index contributed by atoms with van der Waals surface area (Å²) < 4.78 is 0. The second kappa shape index (κ2) is 7.73. The van der Waals surface area contributed by atoms with Gasteiger partial charge in [0.2, 0.25) is 5.91 Å². The fourth-order valence-electron chi connectivity index (χ4n) is 2.49. The molecule has 0 unspecified atom stereocenters. The fourth-order valence-corrected chi connectivity index (χ4v) is 2.61. The minimum Gasteiger partial charge on any atom is -0.354 e. The third-order valence-electron chi connectivity index (χ3n) is 3.30. The smallest absolute Gasteiger partial charge is 0.217 e. The Labute approximate surface area is 125 Å². The molecule has 3 nitrogen and oxygen atoms in total. The summed E-state index contributed by atoms with van der Waals surface area (Å²) in [7, 11) is 0. The molecule has 19 heavy (non-hydrogen) atoms. The average molecular weight is 303 g/mol. The largest absolute Gasteiger partial charge is 0.354 e. The normalized spacial score (nSPS) is 22.4. The molecule has 1 aromatic carbocycles. The van der Waals surface area contributed by atoms with Crippen LogP contribution < -0.4 is 10.6 Å². The number of amides is 1. The molecule has 0 aliphatic carbocycles. The highest BCUT2D eigenvalue weighted by Crippen LogP contribution is 2.15. The third-order valence-corrected chi connectivity index (χ3v) is 3.55. The van der Waals surface area contributed by atoms with E-state index < -0.39 is 0 Å². The predicted octanol–water partition coefficient (Wildman–Crippen LogP) is 2.56. The van der Waals surface area contributed by atoms with Crippen LogP contribution in [0.3, 0.4) is 0 Å². The molecule has 1 fully saturated rings. The molecule has 1 aliphatic rings. The monoisotopic (exact) mass is 302 g/mol. The topological polar surface area (TPSA) is 41.1 Å². The van der Waals surface area contributed by atoms with E-state index in [1.807, 2.05) is 12.1 Å². The first-order valence-electron chi connectivity index (χ1n) is 6.38. The molecular formula is C14H20Cl2N2O. The maximum Gasteiger partial charge on any atom is 0.217 e. The van der Waals surface area contributed by atoms with E-state index in [9.17, 15) is 4.79 Å². The van der Waals surface area contributed by atoms with Crippen molar-refractivity contribution < 1.29 is 4.79 Å². The predicted molar refractivity (Wildman–Crippen MR) is 81.0 cm³/mol. The van der Waals surface area contributed by atoms with Gasteiger partial charge in [0.25, 0.3) is 0 Å². The summed E-state index contributed by atoms with van der Waals surface area (Å²) in [6.45, 7) is 2.54. The molecule has 2 N–H and O–H groups in total. The summed E-state index contributed by atoms with van der Waals surface area (Å²) in [4.78, 5) is 11.1. The zero-order valence-electron chi connectivity index (χ0n) is 11.0. The van der Waals surface area contributed by atoms with Gasteiger partial charge in [-0.2, -0.15) is 0 Å². The van der Waals surface area contributed by atoms with Crippen molar-refractivity contribution in [1.82, 2.24) is 10.6 Å². The fraction of sp³-hybridized carbons (Fsp3) is 0.500. The molecule has 0 aromatic heterocycles. The van der Waals surface area contributed by atoms with Gasteiger partial charge in [-0.15, -0.1) is 12.4 Å².